The zero-order chi connectivity index (χ0) is 28.3. The van der Waals surface area contributed by atoms with E-state index in [1.54, 1.807) is 0 Å². The summed E-state index contributed by atoms with van der Waals surface area (Å²) in [5.74, 6) is 2.78. The van der Waals surface area contributed by atoms with E-state index in [2.05, 4.69) is 60.1 Å². The first-order chi connectivity index (χ1) is 19.4. The minimum Gasteiger partial charge on any atom is -0.494 e. The van der Waals surface area contributed by atoms with Gasteiger partial charge in [-0.1, -0.05) is 36.8 Å². The van der Waals surface area contributed by atoms with E-state index in [1.807, 2.05) is 38.1 Å². The number of imidazole rings is 1. The molecule has 3 aromatic carbocycles. The number of carbonyl (C=O) groups excluding carboxylic acids is 1. The number of rotatable bonds is 15. The summed E-state index contributed by atoms with van der Waals surface area (Å²) in [6, 6.07) is 20.7. The minimum absolute atomic E-state index is 0.0457. The van der Waals surface area contributed by atoms with Gasteiger partial charge in [-0.05, 0) is 106 Å². The Bertz CT molecular complexity index is 1410. The summed E-state index contributed by atoms with van der Waals surface area (Å²) in [7, 11) is 0. The number of aryl methyl sites for hydroxylation is 6. The molecular formula is C34H43N3O3. The summed E-state index contributed by atoms with van der Waals surface area (Å²) in [6.07, 6.45) is 5.96. The molecular weight excluding hydrogens is 498 g/mol. The number of para-hydroxylation sites is 2. The maximum absolute atomic E-state index is 12.2. The van der Waals surface area contributed by atoms with Crippen LogP contribution in [0.15, 0.2) is 60.7 Å². The molecule has 1 N–H and O–H groups in total. The average molecular weight is 542 g/mol. The standard InChI is InChI=1S/C34H43N3O3/c1-25-15-16-27(3)32(22-25)40-24-34(38)35-19-9-5-6-14-33-36-30-12-7-8-13-31(30)37(33)20-10-11-21-39-29-18-17-26(2)28(4)23-29/h7-8,12-13,15-18,22-23H,5-6,9-11,14,19-21,24H2,1-4H3,(H,35,38). The summed E-state index contributed by atoms with van der Waals surface area (Å²) in [5.41, 5.74) is 6.96. The second-order valence-electron chi connectivity index (χ2n) is 10.7. The van der Waals surface area contributed by atoms with Gasteiger partial charge >= 0.3 is 0 Å². The van der Waals surface area contributed by atoms with E-state index in [4.69, 9.17) is 14.5 Å². The number of amides is 1. The second kappa shape index (κ2) is 14.5. The van der Waals surface area contributed by atoms with Gasteiger partial charge in [0, 0.05) is 19.5 Å². The van der Waals surface area contributed by atoms with Crippen LogP contribution in [0.25, 0.3) is 11.0 Å². The molecule has 0 aliphatic heterocycles. The summed E-state index contributed by atoms with van der Waals surface area (Å²) < 4.78 is 14.1. The van der Waals surface area contributed by atoms with Gasteiger partial charge < -0.3 is 19.4 Å². The van der Waals surface area contributed by atoms with E-state index in [9.17, 15) is 4.79 Å². The molecule has 6 heteroatoms. The Morgan fingerprint density at radius 3 is 2.50 bits per heavy atom. The number of fused-ring (bicyclic) bond motifs is 1. The molecule has 0 aliphatic carbocycles. The van der Waals surface area contributed by atoms with Gasteiger partial charge in [0.1, 0.15) is 17.3 Å². The van der Waals surface area contributed by atoms with Crippen LogP contribution >= 0.6 is 0 Å². The quantitative estimate of drug-likeness (QED) is 0.164. The molecule has 0 spiro atoms. The van der Waals surface area contributed by atoms with E-state index < -0.39 is 0 Å². The Labute approximate surface area is 238 Å². The third-order valence-corrected chi connectivity index (χ3v) is 7.36. The molecule has 40 heavy (non-hydrogen) atoms. The predicted molar refractivity (Wildman–Crippen MR) is 162 cm³/mol. The highest BCUT2D eigenvalue weighted by Crippen LogP contribution is 2.21. The van der Waals surface area contributed by atoms with Crippen molar-refractivity contribution >= 4 is 16.9 Å². The van der Waals surface area contributed by atoms with Crippen molar-refractivity contribution in [2.45, 2.75) is 72.8 Å². The number of ether oxygens (including phenoxy) is 2. The smallest absolute Gasteiger partial charge is 0.257 e. The van der Waals surface area contributed by atoms with Crippen LogP contribution in [-0.4, -0.2) is 35.2 Å². The number of hydrogen-bond donors (Lipinski definition) is 1. The van der Waals surface area contributed by atoms with Gasteiger partial charge in [0.05, 0.1) is 17.6 Å². The first kappa shape index (κ1) is 29.2. The van der Waals surface area contributed by atoms with Crippen LogP contribution in [0.4, 0.5) is 0 Å². The zero-order valence-corrected chi connectivity index (χ0v) is 24.5. The van der Waals surface area contributed by atoms with Crippen molar-refractivity contribution in [3.63, 3.8) is 0 Å². The largest absolute Gasteiger partial charge is 0.494 e. The monoisotopic (exact) mass is 541 g/mol. The van der Waals surface area contributed by atoms with Crippen molar-refractivity contribution in [3.05, 3.63) is 88.7 Å². The van der Waals surface area contributed by atoms with Crippen LogP contribution in [0, 0.1) is 27.7 Å². The number of aromatic nitrogens is 2. The number of nitrogens with one attached hydrogen (secondary N) is 1. The zero-order valence-electron chi connectivity index (χ0n) is 24.5. The number of unbranched alkanes of at least 4 members (excludes halogenated alkanes) is 3. The van der Waals surface area contributed by atoms with E-state index in [1.165, 1.54) is 16.6 Å². The molecule has 0 fully saturated rings. The van der Waals surface area contributed by atoms with Crippen molar-refractivity contribution < 1.29 is 14.3 Å². The Morgan fingerprint density at radius 1 is 0.825 bits per heavy atom. The topological polar surface area (TPSA) is 65.4 Å². The van der Waals surface area contributed by atoms with Crippen molar-refractivity contribution in [1.82, 2.24) is 14.9 Å². The molecule has 0 saturated heterocycles. The maximum Gasteiger partial charge on any atom is 0.257 e. The second-order valence-corrected chi connectivity index (χ2v) is 10.7. The molecule has 1 aromatic heterocycles. The Morgan fingerprint density at radius 2 is 1.65 bits per heavy atom. The normalized spacial score (nSPS) is 11.1. The van der Waals surface area contributed by atoms with E-state index in [0.717, 1.165) is 79.0 Å². The number of carbonyl (C=O) groups is 1. The lowest BCUT2D eigenvalue weighted by Crippen LogP contribution is -2.29. The van der Waals surface area contributed by atoms with Gasteiger partial charge in [0.25, 0.3) is 5.91 Å². The molecule has 0 unspecified atom stereocenters. The van der Waals surface area contributed by atoms with Crippen LogP contribution in [0.1, 0.15) is 60.2 Å². The molecule has 1 heterocycles. The molecule has 0 saturated carbocycles. The lowest BCUT2D eigenvalue weighted by atomic mass is 10.1. The number of benzene rings is 3. The molecule has 0 bridgehead atoms. The Balaban J connectivity index is 1.17. The third-order valence-electron chi connectivity index (χ3n) is 7.36. The molecule has 6 nitrogen and oxygen atoms in total. The highest BCUT2D eigenvalue weighted by Gasteiger charge is 2.11. The van der Waals surface area contributed by atoms with Crippen molar-refractivity contribution in [1.29, 1.82) is 0 Å². The van der Waals surface area contributed by atoms with E-state index >= 15 is 0 Å². The molecule has 0 atom stereocenters. The van der Waals surface area contributed by atoms with Crippen molar-refractivity contribution in [3.8, 4) is 11.5 Å². The summed E-state index contributed by atoms with van der Waals surface area (Å²) in [5, 5.41) is 2.98. The number of hydrogen-bond acceptors (Lipinski definition) is 4. The highest BCUT2D eigenvalue weighted by atomic mass is 16.5. The van der Waals surface area contributed by atoms with Gasteiger partial charge in [-0.3, -0.25) is 4.79 Å². The highest BCUT2D eigenvalue weighted by molar-refractivity contribution is 5.77. The van der Waals surface area contributed by atoms with Crippen molar-refractivity contribution in [2.75, 3.05) is 19.8 Å². The minimum atomic E-state index is -0.0795. The van der Waals surface area contributed by atoms with Gasteiger partial charge in [-0.25, -0.2) is 4.98 Å². The Hall–Kier alpha value is -3.80. The van der Waals surface area contributed by atoms with Gasteiger partial charge in [0.2, 0.25) is 0 Å². The summed E-state index contributed by atoms with van der Waals surface area (Å²) >= 11 is 0. The van der Waals surface area contributed by atoms with Gasteiger partial charge in [-0.15, -0.1) is 0 Å². The SMILES string of the molecule is Cc1ccc(C)c(OCC(=O)NCCCCCc2nc3ccccc3n2CCCCOc2ccc(C)c(C)c2)c1. The third kappa shape index (κ3) is 8.35. The van der Waals surface area contributed by atoms with Crippen LogP contribution in [0.5, 0.6) is 11.5 Å². The first-order valence-corrected chi connectivity index (χ1v) is 14.5. The van der Waals surface area contributed by atoms with Crippen LogP contribution in [0.2, 0.25) is 0 Å². The lowest BCUT2D eigenvalue weighted by Gasteiger charge is -2.11. The summed E-state index contributed by atoms with van der Waals surface area (Å²) in [6.45, 7) is 10.6. The maximum atomic E-state index is 12.2. The lowest BCUT2D eigenvalue weighted by molar-refractivity contribution is -0.123. The van der Waals surface area contributed by atoms with Gasteiger partial charge in [-0.2, -0.15) is 0 Å². The average Bonchev–Trinajstić information content (AvgIpc) is 3.30. The predicted octanol–water partition coefficient (Wildman–Crippen LogP) is 7.04. The molecule has 0 aliphatic rings. The Kier molecular flexibility index (Phi) is 10.6. The molecule has 4 aromatic rings. The molecule has 4 rings (SSSR count). The van der Waals surface area contributed by atoms with E-state index in [-0.39, 0.29) is 12.5 Å². The molecule has 1 amide bonds. The molecule has 0 radical (unpaired) electrons. The van der Waals surface area contributed by atoms with Crippen LogP contribution in [-0.2, 0) is 17.8 Å². The van der Waals surface area contributed by atoms with Crippen LogP contribution < -0.4 is 14.8 Å². The first-order valence-electron chi connectivity index (χ1n) is 14.5. The van der Waals surface area contributed by atoms with Crippen molar-refractivity contribution in [2.24, 2.45) is 0 Å². The van der Waals surface area contributed by atoms with Gasteiger partial charge in [0.15, 0.2) is 6.61 Å². The fourth-order valence-electron chi connectivity index (χ4n) is 4.80. The fourth-order valence-corrected chi connectivity index (χ4v) is 4.80. The van der Waals surface area contributed by atoms with Crippen LogP contribution in [0.3, 0.4) is 0 Å². The summed E-state index contributed by atoms with van der Waals surface area (Å²) in [4.78, 5) is 17.1. The van der Waals surface area contributed by atoms with E-state index in [0.29, 0.717) is 13.2 Å². The number of nitrogens with zero attached hydrogens (tertiary/aromatic N) is 2. The fraction of sp³-hybridized carbons (Fsp3) is 0.412. The molecule has 212 valence electrons.